The summed E-state index contributed by atoms with van der Waals surface area (Å²) in [6.45, 7) is 0.390. The Labute approximate surface area is 173 Å². The topological polar surface area (TPSA) is 77.2 Å². The molecule has 29 heavy (non-hydrogen) atoms. The van der Waals surface area contributed by atoms with Gasteiger partial charge in [-0.2, -0.15) is 0 Å². The number of benzene rings is 2. The summed E-state index contributed by atoms with van der Waals surface area (Å²) in [6.07, 6.45) is 0.940. The Morgan fingerprint density at radius 1 is 1.14 bits per heavy atom. The van der Waals surface area contributed by atoms with Crippen molar-refractivity contribution in [3.05, 3.63) is 82.5 Å². The third kappa shape index (κ3) is 4.03. The molecule has 3 aromatic rings. The lowest BCUT2D eigenvalue weighted by Crippen LogP contribution is -2.26. The van der Waals surface area contributed by atoms with Crippen LogP contribution in [0.4, 0.5) is 10.6 Å². The van der Waals surface area contributed by atoms with E-state index in [9.17, 15) is 4.79 Å². The smallest absolute Gasteiger partial charge is 0.407 e. The molecule has 0 unspecified atom stereocenters. The summed E-state index contributed by atoms with van der Waals surface area (Å²) in [6, 6.07) is 18.0. The summed E-state index contributed by atoms with van der Waals surface area (Å²) in [4.78, 5) is 16.0. The van der Waals surface area contributed by atoms with Gasteiger partial charge >= 0.3 is 6.09 Å². The fraction of sp³-hybridized carbons (Fsp3) is 0.130. The molecule has 0 aliphatic heterocycles. The van der Waals surface area contributed by atoms with Gasteiger partial charge in [0.2, 0.25) is 0 Å². The second-order valence-corrected chi connectivity index (χ2v) is 7.00. The fourth-order valence-electron chi connectivity index (χ4n) is 3.46. The Hall–Kier alpha value is -3.49. The minimum absolute atomic E-state index is 0.0246. The summed E-state index contributed by atoms with van der Waals surface area (Å²) >= 11 is 5.88. The molecule has 1 amide bonds. The molecular weight excluding hydrogens is 386 g/mol. The van der Waals surface area contributed by atoms with E-state index in [1.807, 2.05) is 24.3 Å². The standard InChI is InChI=1S/C23H18ClN3O2/c24-16-12-15(22(25)27-13-16)6-5-11-26-23(28)29-14-21-19-9-3-1-7-17(19)18-8-2-4-10-20(18)21/h1-4,7-10,12-13,21H,11,14H2,(H2,25,27)(H,26,28). The lowest BCUT2D eigenvalue weighted by molar-refractivity contribution is 0.144. The van der Waals surface area contributed by atoms with E-state index in [1.54, 1.807) is 6.07 Å². The van der Waals surface area contributed by atoms with E-state index >= 15 is 0 Å². The first-order chi connectivity index (χ1) is 14.1. The van der Waals surface area contributed by atoms with Gasteiger partial charge in [0, 0.05) is 12.1 Å². The van der Waals surface area contributed by atoms with Gasteiger partial charge in [-0.25, -0.2) is 9.78 Å². The fourth-order valence-corrected chi connectivity index (χ4v) is 3.61. The maximum absolute atomic E-state index is 12.1. The summed E-state index contributed by atoms with van der Waals surface area (Å²) < 4.78 is 5.46. The lowest BCUT2D eigenvalue weighted by atomic mass is 9.98. The summed E-state index contributed by atoms with van der Waals surface area (Å²) in [7, 11) is 0. The molecule has 0 saturated heterocycles. The molecule has 3 N–H and O–H groups in total. The van der Waals surface area contributed by atoms with Crippen LogP contribution in [-0.2, 0) is 4.74 Å². The van der Waals surface area contributed by atoms with E-state index in [0.717, 1.165) is 0 Å². The number of rotatable bonds is 3. The van der Waals surface area contributed by atoms with Gasteiger partial charge in [-0.05, 0) is 28.3 Å². The number of aromatic nitrogens is 1. The molecule has 0 radical (unpaired) electrons. The second-order valence-electron chi connectivity index (χ2n) is 6.57. The number of nitrogens with zero attached hydrogens (tertiary/aromatic N) is 1. The van der Waals surface area contributed by atoms with Gasteiger partial charge in [0.05, 0.1) is 17.1 Å². The Morgan fingerprint density at radius 2 is 1.79 bits per heavy atom. The van der Waals surface area contributed by atoms with E-state index in [2.05, 4.69) is 46.4 Å². The number of alkyl carbamates (subject to hydrolysis) is 1. The maximum Gasteiger partial charge on any atom is 0.407 e. The van der Waals surface area contributed by atoms with Crippen LogP contribution in [0, 0.1) is 11.8 Å². The summed E-state index contributed by atoms with van der Waals surface area (Å²) in [5.74, 6) is 5.98. The number of hydrogen-bond donors (Lipinski definition) is 2. The van der Waals surface area contributed by atoms with Crippen LogP contribution in [0.1, 0.15) is 22.6 Å². The molecule has 4 rings (SSSR count). The zero-order valence-electron chi connectivity index (χ0n) is 15.5. The number of nitrogens with two attached hydrogens (primary N) is 1. The van der Waals surface area contributed by atoms with Crippen LogP contribution in [0.15, 0.2) is 60.8 Å². The number of halogens is 1. The van der Waals surface area contributed by atoms with Gasteiger partial charge in [0.25, 0.3) is 0 Å². The molecule has 0 saturated carbocycles. The average molecular weight is 404 g/mol. The summed E-state index contributed by atoms with van der Waals surface area (Å²) in [5, 5.41) is 3.08. The SMILES string of the molecule is Nc1ncc(Cl)cc1C#CCNC(=O)OCC1c2ccccc2-c2ccccc21. The van der Waals surface area contributed by atoms with Crippen molar-refractivity contribution < 1.29 is 9.53 Å². The molecule has 5 nitrogen and oxygen atoms in total. The normalized spacial score (nSPS) is 11.8. The van der Waals surface area contributed by atoms with Crippen molar-refractivity contribution >= 4 is 23.5 Å². The second kappa shape index (κ2) is 8.26. The number of amides is 1. The number of nitrogen functional groups attached to an aromatic ring is 1. The van der Waals surface area contributed by atoms with Crippen LogP contribution in [0.3, 0.4) is 0 Å². The number of ether oxygens (including phenoxy) is 1. The average Bonchev–Trinajstić information content (AvgIpc) is 3.06. The summed E-state index contributed by atoms with van der Waals surface area (Å²) in [5.41, 5.74) is 11.0. The number of carbonyl (C=O) groups is 1. The van der Waals surface area contributed by atoms with Crippen LogP contribution in [0.2, 0.25) is 5.02 Å². The highest BCUT2D eigenvalue weighted by Crippen LogP contribution is 2.44. The third-order valence-electron chi connectivity index (χ3n) is 4.77. The van der Waals surface area contributed by atoms with Gasteiger partial charge in [0.15, 0.2) is 0 Å². The van der Waals surface area contributed by atoms with Crippen molar-refractivity contribution in [3.63, 3.8) is 0 Å². The van der Waals surface area contributed by atoms with Crippen molar-refractivity contribution in [2.45, 2.75) is 5.92 Å². The van der Waals surface area contributed by atoms with E-state index in [4.69, 9.17) is 22.1 Å². The van der Waals surface area contributed by atoms with E-state index < -0.39 is 6.09 Å². The first-order valence-electron chi connectivity index (χ1n) is 9.12. The van der Waals surface area contributed by atoms with E-state index in [1.165, 1.54) is 28.5 Å². The van der Waals surface area contributed by atoms with Gasteiger partial charge < -0.3 is 15.8 Å². The lowest BCUT2D eigenvalue weighted by Gasteiger charge is -2.14. The number of nitrogens with one attached hydrogen (secondary N) is 1. The largest absolute Gasteiger partial charge is 0.449 e. The molecule has 1 aliphatic rings. The predicted octanol–water partition coefficient (Wildman–Crippen LogP) is 4.21. The quantitative estimate of drug-likeness (QED) is 0.642. The highest BCUT2D eigenvalue weighted by molar-refractivity contribution is 6.30. The molecule has 0 bridgehead atoms. The van der Waals surface area contributed by atoms with Crippen molar-refractivity contribution in [3.8, 4) is 23.0 Å². The van der Waals surface area contributed by atoms with Gasteiger partial charge in [-0.1, -0.05) is 72.0 Å². The molecule has 0 fully saturated rings. The van der Waals surface area contributed by atoms with Gasteiger partial charge in [-0.15, -0.1) is 0 Å². The Kier molecular flexibility index (Phi) is 5.37. The third-order valence-corrected chi connectivity index (χ3v) is 4.98. The van der Waals surface area contributed by atoms with Crippen molar-refractivity contribution in [2.24, 2.45) is 0 Å². The Morgan fingerprint density at radius 3 is 2.48 bits per heavy atom. The molecule has 1 heterocycles. The minimum Gasteiger partial charge on any atom is -0.449 e. The van der Waals surface area contributed by atoms with Gasteiger partial charge in [-0.3, -0.25) is 0 Å². The predicted molar refractivity (Wildman–Crippen MR) is 114 cm³/mol. The first-order valence-corrected chi connectivity index (χ1v) is 9.50. The molecular formula is C23H18ClN3O2. The van der Waals surface area contributed by atoms with Crippen LogP contribution in [0.5, 0.6) is 0 Å². The van der Waals surface area contributed by atoms with Crippen molar-refractivity contribution in [1.82, 2.24) is 10.3 Å². The number of anilines is 1. The maximum atomic E-state index is 12.1. The van der Waals surface area contributed by atoms with E-state index in [0.29, 0.717) is 16.4 Å². The zero-order chi connectivity index (χ0) is 20.2. The highest BCUT2D eigenvalue weighted by Gasteiger charge is 2.28. The monoisotopic (exact) mass is 403 g/mol. The number of pyridine rings is 1. The first kappa shape index (κ1) is 18.9. The molecule has 144 valence electrons. The van der Waals surface area contributed by atoms with E-state index in [-0.39, 0.29) is 19.1 Å². The van der Waals surface area contributed by atoms with Crippen LogP contribution in [-0.4, -0.2) is 24.2 Å². The van der Waals surface area contributed by atoms with Crippen molar-refractivity contribution in [2.75, 3.05) is 18.9 Å². The Bertz CT molecular complexity index is 1090. The highest BCUT2D eigenvalue weighted by atomic mass is 35.5. The minimum atomic E-state index is -0.515. The molecule has 2 aromatic carbocycles. The molecule has 6 heteroatoms. The molecule has 1 aromatic heterocycles. The molecule has 1 aliphatic carbocycles. The number of carbonyl (C=O) groups excluding carboxylic acids is 1. The van der Waals surface area contributed by atoms with Crippen LogP contribution < -0.4 is 11.1 Å². The molecule has 0 atom stereocenters. The van der Waals surface area contributed by atoms with Crippen LogP contribution in [0.25, 0.3) is 11.1 Å². The molecule has 0 spiro atoms. The van der Waals surface area contributed by atoms with Crippen LogP contribution >= 0.6 is 11.6 Å². The Balaban J connectivity index is 1.36. The number of fused-ring (bicyclic) bond motifs is 3. The van der Waals surface area contributed by atoms with Gasteiger partial charge in [0.1, 0.15) is 12.4 Å². The van der Waals surface area contributed by atoms with Crippen molar-refractivity contribution in [1.29, 1.82) is 0 Å². The number of hydrogen-bond acceptors (Lipinski definition) is 4. The zero-order valence-corrected chi connectivity index (χ0v) is 16.2.